The molecule has 0 spiro atoms. The summed E-state index contributed by atoms with van der Waals surface area (Å²) in [4.78, 5) is 23.5. The van der Waals surface area contributed by atoms with E-state index in [0.717, 1.165) is 6.42 Å². The molecule has 25 heavy (non-hydrogen) atoms. The first-order valence-electron chi connectivity index (χ1n) is 8.32. The summed E-state index contributed by atoms with van der Waals surface area (Å²) in [5, 5.41) is 15.8. The van der Waals surface area contributed by atoms with Crippen LogP contribution in [0.4, 0.5) is 5.69 Å². The largest absolute Gasteiger partial charge is 0.490 e. The third kappa shape index (κ3) is 8.86. The maximum Gasteiger partial charge on any atom is 0.224 e. The minimum absolute atomic E-state index is 0. The molecule has 0 radical (unpaired) electrons. The fourth-order valence-corrected chi connectivity index (χ4v) is 2.08. The highest BCUT2D eigenvalue weighted by Gasteiger charge is 2.13. The van der Waals surface area contributed by atoms with Crippen LogP contribution < -0.4 is 15.4 Å². The maximum atomic E-state index is 11.8. The summed E-state index contributed by atoms with van der Waals surface area (Å²) in [6.07, 6.45) is 0.522. The van der Waals surface area contributed by atoms with E-state index in [0.29, 0.717) is 30.0 Å². The highest BCUT2D eigenvalue weighted by Crippen LogP contribution is 2.24. The SMILES string of the molecule is CCCC(=O)Nc1ccc(OC[C@H](O)CNC(C)C)c(C(C)=O)c1.Cl. The van der Waals surface area contributed by atoms with Crippen LogP contribution in [-0.4, -0.2) is 42.1 Å². The zero-order valence-corrected chi connectivity index (χ0v) is 16.1. The number of benzene rings is 1. The monoisotopic (exact) mass is 372 g/mol. The van der Waals surface area contributed by atoms with Crippen molar-refractivity contribution in [2.75, 3.05) is 18.5 Å². The molecule has 0 aromatic heterocycles. The van der Waals surface area contributed by atoms with Crippen LogP contribution in [0.5, 0.6) is 5.75 Å². The van der Waals surface area contributed by atoms with Crippen molar-refractivity contribution in [1.29, 1.82) is 0 Å². The third-order valence-corrected chi connectivity index (χ3v) is 3.31. The van der Waals surface area contributed by atoms with Crippen molar-refractivity contribution in [1.82, 2.24) is 5.32 Å². The van der Waals surface area contributed by atoms with Crippen LogP contribution in [0, 0.1) is 0 Å². The molecule has 1 atom stereocenters. The van der Waals surface area contributed by atoms with Gasteiger partial charge in [0, 0.05) is 24.7 Å². The lowest BCUT2D eigenvalue weighted by molar-refractivity contribution is -0.116. The topological polar surface area (TPSA) is 87.7 Å². The van der Waals surface area contributed by atoms with Gasteiger partial charge in [-0.25, -0.2) is 0 Å². The molecule has 0 aliphatic rings. The molecule has 0 saturated carbocycles. The Morgan fingerprint density at radius 3 is 2.52 bits per heavy atom. The van der Waals surface area contributed by atoms with Crippen LogP contribution in [0.2, 0.25) is 0 Å². The van der Waals surface area contributed by atoms with E-state index < -0.39 is 6.10 Å². The summed E-state index contributed by atoms with van der Waals surface area (Å²) in [6, 6.07) is 5.21. The molecule has 1 amide bonds. The van der Waals surface area contributed by atoms with E-state index in [1.165, 1.54) is 6.92 Å². The first kappa shape index (κ1) is 23.4. The average molecular weight is 373 g/mol. The Hall–Kier alpha value is -1.63. The van der Waals surface area contributed by atoms with Crippen molar-refractivity contribution >= 4 is 29.8 Å². The van der Waals surface area contributed by atoms with Crippen LogP contribution in [0.15, 0.2) is 18.2 Å². The van der Waals surface area contributed by atoms with Gasteiger partial charge in [-0.1, -0.05) is 20.8 Å². The molecule has 3 N–H and O–H groups in total. The Labute approximate surface area is 155 Å². The van der Waals surface area contributed by atoms with Gasteiger partial charge in [0.25, 0.3) is 0 Å². The number of nitrogens with one attached hydrogen (secondary N) is 2. The van der Waals surface area contributed by atoms with Crippen molar-refractivity contribution < 1.29 is 19.4 Å². The van der Waals surface area contributed by atoms with Gasteiger partial charge in [0.1, 0.15) is 18.5 Å². The molecule has 0 heterocycles. The third-order valence-electron chi connectivity index (χ3n) is 3.31. The minimum atomic E-state index is -0.670. The molecular weight excluding hydrogens is 344 g/mol. The van der Waals surface area contributed by atoms with E-state index in [1.54, 1.807) is 18.2 Å². The molecule has 0 aliphatic carbocycles. The van der Waals surface area contributed by atoms with Crippen LogP contribution in [-0.2, 0) is 4.79 Å². The highest BCUT2D eigenvalue weighted by atomic mass is 35.5. The van der Waals surface area contributed by atoms with Crippen molar-refractivity contribution in [3.05, 3.63) is 23.8 Å². The lowest BCUT2D eigenvalue weighted by atomic mass is 10.1. The van der Waals surface area contributed by atoms with Crippen LogP contribution in [0.25, 0.3) is 0 Å². The van der Waals surface area contributed by atoms with E-state index in [2.05, 4.69) is 10.6 Å². The summed E-state index contributed by atoms with van der Waals surface area (Å²) in [7, 11) is 0. The van der Waals surface area contributed by atoms with Gasteiger partial charge in [0.05, 0.1) is 5.56 Å². The molecule has 1 rings (SSSR count). The van der Waals surface area contributed by atoms with Crippen LogP contribution in [0.1, 0.15) is 50.9 Å². The lowest BCUT2D eigenvalue weighted by Gasteiger charge is -2.17. The van der Waals surface area contributed by atoms with E-state index in [4.69, 9.17) is 4.74 Å². The molecule has 0 aliphatic heterocycles. The molecular formula is C18H29ClN2O4. The second-order valence-electron chi connectivity index (χ2n) is 6.09. The van der Waals surface area contributed by atoms with Gasteiger partial charge in [0.2, 0.25) is 5.91 Å². The van der Waals surface area contributed by atoms with Crippen molar-refractivity contribution in [2.24, 2.45) is 0 Å². The molecule has 7 heteroatoms. The van der Waals surface area contributed by atoms with E-state index >= 15 is 0 Å². The number of carbonyl (C=O) groups excluding carboxylic acids is 2. The number of hydrogen-bond acceptors (Lipinski definition) is 5. The van der Waals surface area contributed by atoms with Crippen molar-refractivity contribution in [3.8, 4) is 5.75 Å². The number of halogens is 1. The highest BCUT2D eigenvalue weighted by molar-refractivity contribution is 5.99. The lowest BCUT2D eigenvalue weighted by Crippen LogP contribution is -2.35. The van der Waals surface area contributed by atoms with Gasteiger partial charge in [-0.15, -0.1) is 12.4 Å². The molecule has 6 nitrogen and oxygen atoms in total. The maximum absolute atomic E-state index is 11.8. The second kappa shape index (κ2) is 11.8. The average Bonchev–Trinajstić information content (AvgIpc) is 2.51. The number of aliphatic hydroxyl groups is 1. The zero-order chi connectivity index (χ0) is 18.1. The zero-order valence-electron chi connectivity index (χ0n) is 15.3. The van der Waals surface area contributed by atoms with Crippen LogP contribution >= 0.6 is 12.4 Å². The number of hydrogen-bond donors (Lipinski definition) is 3. The van der Waals surface area contributed by atoms with Gasteiger partial charge < -0.3 is 20.5 Å². The number of carbonyl (C=O) groups is 2. The Balaban J connectivity index is 0.00000576. The molecule has 142 valence electrons. The van der Waals surface area contributed by atoms with E-state index in [-0.39, 0.29) is 36.7 Å². The second-order valence-corrected chi connectivity index (χ2v) is 6.09. The molecule has 1 aromatic carbocycles. The normalized spacial score (nSPS) is 11.6. The summed E-state index contributed by atoms with van der Waals surface area (Å²) >= 11 is 0. The summed E-state index contributed by atoms with van der Waals surface area (Å²) in [6.45, 7) is 7.85. The Morgan fingerprint density at radius 1 is 1.28 bits per heavy atom. The van der Waals surface area contributed by atoms with Crippen molar-refractivity contribution in [2.45, 2.75) is 52.7 Å². The first-order valence-corrected chi connectivity index (χ1v) is 8.32. The predicted octanol–water partition coefficient (Wildman–Crippen LogP) is 2.79. The summed E-state index contributed by atoms with van der Waals surface area (Å²) in [5.74, 6) is 0.154. The van der Waals surface area contributed by atoms with Gasteiger partial charge >= 0.3 is 0 Å². The molecule has 0 unspecified atom stereocenters. The summed E-state index contributed by atoms with van der Waals surface area (Å²) < 4.78 is 5.58. The standard InChI is InChI=1S/C18H28N2O4.ClH/c1-5-6-18(23)20-14-7-8-17(16(9-14)13(4)21)24-11-15(22)10-19-12(2)3;/h7-9,12,15,19,22H,5-6,10-11H2,1-4H3,(H,20,23);1H/t15-;/m1./s1. The van der Waals surface area contributed by atoms with Crippen LogP contribution in [0.3, 0.4) is 0 Å². The molecule has 0 bridgehead atoms. The number of ether oxygens (including phenoxy) is 1. The Morgan fingerprint density at radius 2 is 1.96 bits per heavy atom. The fraction of sp³-hybridized carbons (Fsp3) is 0.556. The number of aliphatic hydroxyl groups excluding tert-OH is 1. The predicted molar refractivity (Wildman–Crippen MR) is 102 cm³/mol. The number of anilines is 1. The quantitative estimate of drug-likeness (QED) is 0.550. The number of amides is 1. The Bertz CT molecular complexity index is 564. The van der Waals surface area contributed by atoms with Gasteiger partial charge in [0.15, 0.2) is 5.78 Å². The van der Waals surface area contributed by atoms with Crippen molar-refractivity contribution in [3.63, 3.8) is 0 Å². The van der Waals surface area contributed by atoms with Gasteiger partial charge in [-0.05, 0) is 31.5 Å². The van der Waals surface area contributed by atoms with Gasteiger partial charge in [-0.2, -0.15) is 0 Å². The summed E-state index contributed by atoms with van der Waals surface area (Å²) in [5.41, 5.74) is 0.946. The van der Waals surface area contributed by atoms with E-state index in [1.807, 2.05) is 20.8 Å². The first-order chi connectivity index (χ1) is 11.3. The van der Waals surface area contributed by atoms with E-state index in [9.17, 15) is 14.7 Å². The molecule has 1 aromatic rings. The number of Topliss-reactive ketones (excluding diaryl/α,β-unsaturated/α-hetero) is 1. The molecule has 0 saturated heterocycles. The molecule has 0 fully saturated rings. The number of rotatable bonds is 10. The smallest absolute Gasteiger partial charge is 0.224 e. The fourth-order valence-electron chi connectivity index (χ4n) is 2.08. The van der Waals surface area contributed by atoms with Gasteiger partial charge in [-0.3, -0.25) is 9.59 Å². The Kier molecular flexibility index (Phi) is 11.1. The number of ketones is 1. The minimum Gasteiger partial charge on any atom is -0.490 e.